The van der Waals surface area contributed by atoms with Crippen LogP contribution in [0.15, 0.2) is 33.8 Å². The third-order valence-electron chi connectivity index (χ3n) is 2.21. The highest BCUT2D eigenvalue weighted by atomic mass is 35.5. The maximum absolute atomic E-state index is 5.92. The van der Waals surface area contributed by atoms with Gasteiger partial charge in [-0.1, -0.05) is 11.6 Å². The lowest BCUT2D eigenvalue weighted by molar-refractivity contribution is 0.527. The van der Waals surface area contributed by atoms with Crippen molar-refractivity contribution in [3.8, 4) is 0 Å². The number of hydrogen-bond donors (Lipinski definition) is 1. The summed E-state index contributed by atoms with van der Waals surface area (Å²) in [4.78, 5) is 2.35. The van der Waals surface area contributed by atoms with Gasteiger partial charge >= 0.3 is 0 Å². The summed E-state index contributed by atoms with van der Waals surface area (Å²) < 4.78 is 6.07. The highest BCUT2D eigenvalue weighted by Crippen LogP contribution is 2.40. The summed E-state index contributed by atoms with van der Waals surface area (Å²) in [6.07, 6.45) is 1.70. The predicted molar refractivity (Wildman–Crippen MR) is 70.4 cm³/mol. The minimum Gasteiger partial charge on any atom is -0.468 e. The number of nitrogens with two attached hydrogens (primary N) is 1. The summed E-state index contributed by atoms with van der Waals surface area (Å²) in [7, 11) is 0. The zero-order valence-electron chi connectivity index (χ0n) is 8.77. The molecule has 2 N–H and O–H groups in total. The van der Waals surface area contributed by atoms with E-state index < -0.39 is 0 Å². The number of thioether (sulfide) groups is 1. The van der Waals surface area contributed by atoms with Crippen molar-refractivity contribution < 1.29 is 4.42 Å². The van der Waals surface area contributed by atoms with Crippen LogP contribution in [0.3, 0.4) is 0 Å². The predicted octanol–water partition coefficient (Wildman–Crippen LogP) is 4.10. The molecule has 0 fully saturated rings. The highest BCUT2D eigenvalue weighted by Gasteiger charge is 2.15. The molecule has 86 valence electrons. The first kappa shape index (κ1) is 12.0. The molecule has 2 heterocycles. The van der Waals surface area contributed by atoms with E-state index in [9.17, 15) is 0 Å². The van der Waals surface area contributed by atoms with Crippen molar-refractivity contribution in [1.29, 1.82) is 0 Å². The lowest BCUT2D eigenvalue weighted by Crippen LogP contribution is -2.07. The Kier molecular flexibility index (Phi) is 3.97. The number of halogens is 1. The van der Waals surface area contributed by atoms with Gasteiger partial charge in [-0.2, -0.15) is 0 Å². The monoisotopic (exact) mass is 273 g/mol. The van der Waals surface area contributed by atoms with Gasteiger partial charge in [-0.25, -0.2) is 0 Å². The summed E-state index contributed by atoms with van der Waals surface area (Å²) in [5, 5.41) is 0.244. The topological polar surface area (TPSA) is 39.2 Å². The van der Waals surface area contributed by atoms with Crippen molar-refractivity contribution in [1.82, 2.24) is 0 Å². The molecule has 16 heavy (non-hydrogen) atoms. The van der Waals surface area contributed by atoms with E-state index in [0.717, 1.165) is 15.0 Å². The van der Waals surface area contributed by atoms with Crippen LogP contribution in [0.4, 0.5) is 0 Å². The van der Waals surface area contributed by atoms with E-state index in [4.69, 9.17) is 21.8 Å². The molecule has 0 radical (unpaired) electrons. The van der Waals surface area contributed by atoms with Gasteiger partial charge in [0.25, 0.3) is 0 Å². The van der Waals surface area contributed by atoms with Crippen molar-refractivity contribution in [2.24, 2.45) is 5.73 Å². The molecular weight excluding hydrogens is 262 g/mol. The SMILES string of the molecule is Cc1occc1SC(CN)c1ccc(Cl)s1. The average molecular weight is 274 g/mol. The summed E-state index contributed by atoms with van der Waals surface area (Å²) in [6.45, 7) is 2.55. The van der Waals surface area contributed by atoms with Gasteiger partial charge in [-0.05, 0) is 25.1 Å². The molecule has 0 aliphatic rings. The van der Waals surface area contributed by atoms with Gasteiger partial charge in [0.05, 0.1) is 15.8 Å². The van der Waals surface area contributed by atoms with Crippen molar-refractivity contribution in [2.45, 2.75) is 17.1 Å². The third-order valence-corrected chi connectivity index (χ3v) is 5.11. The normalized spacial score (nSPS) is 12.9. The van der Waals surface area contributed by atoms with Gasteiger partial charge in [0.1, 0.15) is 5.76 Å². The first-order valence-corrected chi connectivity index (χ1v) is 6.94. The van der Waals surface area contributed by atoms with E-state index in [1.54, 1.807) is 29.4 Å². The van der Waals surface area contributed by atoms with E-state index in [1.807, 2.05) is 25.1 Å². The van der Waals surface area contributed by atoms with Crippen LogP contribution in [0, 0.1) is 6.92 Å². The molecule has 0 saturated carbocycles. The molecule has 0 amide bonds. The minimum absolute atomic E-state index is 0.244. The van der Waals surface area contributed by atoms with Crippen LogP contribution >= 0.6 is 34.7 Å². The van der Waals surface area contributed by atoms with Crippen LogP contribution in [0.5, 0.6) is 0 Å². The zero-order valence-corrected chi connectivity index (χ0v) is 11.2. The fourth-order valence-corrected chi connectivity index (χ4v) is 3.66. The van der Waals surface area contributed by atoms with E-state index in [2.05, 4.69) is 0 Å². The Morgan fingerprint density at radius 2 is 2.31 bits per heavy atom. The summed E-state index contributed by atoms with van der Waals surface area (Å²) in [5.41, 5.74) is 5.79. The molecule has 2 aromatic heterocycles. The number of thiophene rings is 1. The highest BCUT2D eigenvalue weighted by molar-refractivity contribution is 7.99. The molecule has 2 aromatic rings. The maximum Gasteiger partial charge on any atom is 0.114 e. The smallest absolute Gasteiger partial charge is 0.114 e. The number of furan rings is 1. The Labute approximate surface area is 108 Å². The summed E-state index contributed by atoms with van der Waals surface area (Å²) >= 11 is 9.23. The first-order valence-electron chi connectivity index (χ1n) is 4.86. The van der Waals surface area contributed by atoms with E-state index in [-0.39, 0.29) is 5.25 Å². The van der Waals surface area contributed by atoms with Gasteiger partial charge in [0.15, 0.2) is 0 Å². The van der Waals surface area contributed by atoms with E-state index in [0.29, 0.717) is 6.54 Å². The first-order chi connectivity index (χ1) is 7.70. The van der Waals surface area contributed by atoms with Crippen molar-refractivity contribution in [3.63, 3.8) is 0 Å². The van der Waals surface area contributed by atoms with Gasteiger partial charge in [0.2, 0.25) is 0 Å². The zero-order chi connectivity index (χ0) is 11.5. The Balaban J connectivity index is 2.15. The lowest BCUT2D eigenvalue weighted by Gasteiger charge is -2.11. The average Bonchev–Trinajstić information content (AvgIpc) is 2.85. The van der Waals surface area contributed by atoms with Crippen molar-refractivity contribution >= 4 is 34.7 Å². The summed E-state index contributed by atoms with van der Waals surface area (Å²) in [6, 6.07) is 5.91. The molecule has 0 aliphatic heterocycles. The molecule has 0 saturated heterocycles. The molecule has 0 aliphatic carbocycles. The maximum atomic E-state index is 5.92. The van der Waals surface area contributed by atoms with Crippen LogP contribution in [-0.4, -0.2) is 6.54 Å². The molecule has 0 spiro atoms. The molecular formula is C11H12ClNOS2. The van der Waals surface area contributed by atoms with E-state index in [1.165, 1.54) is 4.88 Å². The second-order valence-corrected chi connectivity index (χ2v) is 6.32. The lowest BCUT2D eigenvalue weighted by atomic mass is 10.3. The van der Waals surface area contributed by atoms with Gasteiger partial charge in [-0.15, -0.1) is 23.1 Å². The molecule has 1 unspecified atom stereocenters. The van der Waals surface area contributed by atoms with Gasteiger partial charge in [0, 0.05) is 16.3 Å². The molecule has 2 nitrogen and oxygen atoms in total. The van der Waals surface area contributed by atoms with Crippen LogP contribution < -0.4 is 5.73 Å². The minimum atomic E-state index is 0.244. The van der Waals surface area contributed by atoms with Crippen LogP contribution in [-0.2, 0) is 0 Å². The quantitative estimate of drug-likeness (QED) is 0.853. The largest absolute Gasteiger partial charge is 0.468 e. The second kappa shape index (κ2) is 5.27. The molecule has 1 atom stereocenters. The van der Waals surface area contributed by atoms with Gasteiger partial charge < -0.3 is 10.2 Å². The molecule has 2 rings (SSSR count). The second-order valence-electron chi connectivity index (χ2n) is 3.33. The number of aryl methyl sites for hydroxylation is 1. The summed E-state index contributed by atoms with van der Waals surface area (Å²) in [5.74, 6) is 0.936. The van der Waals surface area contributed by atoms with Crippen LogP contribution in [0.1, 0.15) is 15.9 Å². The number of hydrogen-bond acceptors (Lipinski definition) is 4. The Morgan fingerprint density at radius 3 is 2.81 bits per heavy atom. The fourth-order valence-electron chi connectivity index (χ4n) is 1.37. The fraction of sp³-hybridized carbons (Fsp3) is 0.273. The van der Waals surface area contributed by atoms with Crippen LogP contribution in [0.2, 0.25) is 4.34 Å². The molecule has 5 heteroatoms. The van der Waals surface area contributed by atoms with Crippen molar-refractivity contribution in [2.75, 3.05) is 6.54 Å². The van der Waals surface area contributed by atoms with Crippen molar-refractivity contribution in [3.05, 3.63) is 39.4 Å². The third kappa shape index (κ3) is 2.63. The Hall–Kier alpha value is -0.420. The molecule has 0 aromatic carbocycles. The Morgan fingerprint density at radius 1 is 1.50 bits per heavy atom. The van der Waals surface area contributed by atoms with Gasteiger partial charge in [-0.3, -0.25) is 0 Å². The standard InChI is InChI=1S/C11H12ClNOS2/c1-7-8(4-5-14-7)15-10(6-13)9-2-3-11(12)16-9/h2-5,10H,6,13H2,1H3. The molecule has 0 bridgehead atoms. The van der Waals surface area contributed by atoms with E-state index >= 15 is 0 Å². The number of rotatable bonds is 4. The van der Waals surface area contributed by atoms with Crippen LogP contribution in [0.25, 0.3) is 0 Å². The Bertz CT molecular complexity index is 466.